The zero-order valence-electron chi connectivity index (χ0n) is 11.0. The van der Waals surface area contributed by atoms with Crippen LogP contribution < -0.4 is 10.6 Å². The van der Waals surface area contributed by atoms with Crippen molar-refractivity contribution in [2.24, 2.45) is 5.73 Å². The molecule has 0 unspecified atom stereocenters. The zero-order chi connectivity index (χ0) is 12.8. The first-order valence-corrected chi connectivity index (χ1v) is 7.01. The Labute approximate surface area is 110 Å². The summed E-state index contributed by atoms with van der Waals surface area (Å²) in [5.74, 6) is 0. The maximum absolute atomic E-state index is 9.27. The highest BCUT2D eigenvalue weighted by Gasteiger charge is 2.20. The van der Waals surface area contributed by atoms with Crippen LogP contribution in [0.15, 0.2) is 24.3 Å². The van der Waals surface area contributed by atoms with E-state index >= 15 is 0 Å². The van der Waals surface area contributed by atoms with Crippen LogP contribution in [-0.4, -0.2) is 24.3 Å². The summed E-state index contributed by atoms with van der Waals surface area (Å²) >= 11 is 0. The van der Waals surface area contributed by atoms with Crippen LogP contribution in [0.2, 0.25) is 0 Å². The van der Waals surface area contributed by atoms with E-state index in [1.54, 1.807) is 0 Å². The Kier molecular flexibility index (Phi) is 5.02. The third-order valence-corrected chi connectivity index (χ3v) is 3.86. The van der Waals surface area contributed by atoms with Gasteiger partial charge >= 0.3 is 0 Å². The lowest BCUT2D eigenvalue weighted by atomic mass is 9.93. The molecule has 3 heteroatoms. The fourth-order valence-corrected chi connectivity index (χ4v) is 2.85. The van der Waals surface area contributed by atoms with Gasteiger partial charge in [0.25, 0.3) is 0 Å². The van der Waals surface area contributed by atoms with Gasteiger partial charge in [-0.15, -0.1) is 0 Å². The number of hydrogen-bond acceptors (Lipinski definition) is 3. The summed E-state index contributed by atoms with van der Waals surface area (Å²) < 4.78 is 0. The van der Waals surface area contributed by atoms with Crippen LogP contribution >= 0.6 is 0 Å². The van der Waals surface area contributed by atoms with Gasteiger partial charge in [0.2, 0.25) is 0 Å². The minimum absolute atomic E-state index is 0.217. The quantitative estimate of drug-likeness (QED) is 0.840. The van der Waals surface area contributed by atoms with Gasteiger partial charge in [-0.3, -0.25) is 0 Å². The molecule has 1 aromatic carbocycles. The smallest absolute Gasteiger partial charge is 0.0606 e. The highest BCUT2D eigenvalue weighted by atomic mass is 16.3. The van der Waals surface area contributed by atoms with E-state index < -0.39 is 0 Å². The van der Waals surface area contributed by atoms with Gasteiger partial charge in [0, 0.05) is 24.8 Å². The van der Waals surface area contributed by atoms with E-state index in [1.807, 2.05) is 0 Å². The van der Waals surface area contributed by atoms with Crippen LogP contribution in [0.4, 0.5) is 5.69 Å². The third-order valence-electron chi connectivity index (χ3n) is 3.86. The Bertz CT molecular complexity index is 344. The molecule has 3 N–H and O–H groups in total. The maximum atomic E-state index is 9.27. The van der Waals surface area contributed by atoms with Crippen molar-refractivity contribution in [3.8, 4) is 0 Å². The summed E-state index contributed by atoms with van der Waals surface area (Å²) in [6, 6.07) is 9.03. The average molecular weight is 248 g/mol. The number of rotatable bonds is 5. The van der Waals surface area contributed by atoms with Gasteiger partial charge in [0.1, 0.15) is 0 Å². The second-order valence-electron chi connectivity index (χ2n) is 5.08. The molecule has 3 nitrogen and oxygen atoms in total. The summed E-state index contributed by atoms with van der Waals surface area (Å²) in [5, 5.41) is 9.27. The predicted octanol–water partition coefficient (Wildman–Crippen LogP) is 2.28. The first kappa shape index (κ1) is 13.4. The molecule has 0 aliphatic heterocycles. The summed E-state index contributed by atoms with van der Waals surface area (Å²) in [5.41, 5.74) is 8.00. The van der Waals surface area contributed by atoms with Gasteiger partial charge in [0.05, 0.1) is 6.61 Å². The van der Waals surface area contributed by atoms with Crippen molar-refractivity contribution >= 4 is 5.69 Å². The zero-order valence-corrected chi connectivity index (χ0v) is 11.0. The fraction of sp³-hybridized carbons (Fsp3) is 0.600. The van der Waals surface area contributed by atoms with Crippen molar-refractivity contribution < 1.29 is 5.11 Å². The first-order chi connectivity index (χ1) is 8.85. The van der Waals surface area contributed by atoms with Gasteiger partial charge in [-0.2, -0.15) is 0 Å². The van der Waals surface area contributed by atoms with Gasteiger partial charge < -0.3 is 15.7 Å². The molecule has 1 saturated carbocycles. The van der Waals surface area contributed by atoms with Crippen molar-refractivity contribution in [1.82, 2.24) is 0 Å². The van der Waals surface area contributed by atoms with Crippen molar-refractivity contribution in [2.45, 2.75) is 44.7 Å². The molecule has 1 fully saturated rings. The highest BCUT2D eigenvalue weighted by Crippen LogP contribution is 2.27. The molecule has 0 spiro atoms. The molecule has 18 heavy (non-hydrogen) atoms. The average Bonchev–Trinajstić information content (AvgIpc) is 2.46. The largest absolute Gasteiger partial charge is 0.395 e. The number of aliphatic hydroxyl groups is 1. The van der Waals surface area contributed by atoms with E-state index in [2.05, 4.69) is 29.2 Å². The molecule has 1 aliphatic carbocycles. The molecule has 1 aliphatic rings. The van der Waals surface area contributed by atoms with Crippen LogP contribution in [0.3, 0.4) is 0 Å². The minimum atomic E-state index is 0.217. The van der Waals surface area contributed by atoms with Crippen LogP contribution in [-0.2, 0) is 6.54 Å². The van der Waals surface area contributed by atoms with Crippen molar-refractivity contribution in [3.63, 3.8) is 0 Å². The normalized spacial score (nSPS) is 16.8. The second kappa shape index (κ2) is 6.76. The summed E-state index contributed by atoms with van der Waals surface area (Å²) in [7, 11) is 0. The van der Waals surface area contributed by atoms with Crippen molar-refractivity contribution in [3.05, 3.63) is 29.8 Å². The van der Waals surface area contributed by atoms with E-state index in [0.29, 0.717) is 12.6 Å². The predicted molar refractivity (Wildman–Crippen MR) is 75.6 cm³/mol. The first-order valence-electron chi connectivity index (χ1n) is 7.01. The number of nitrogens with zero attached hydrogens (tertiary/aromatic N) is 1. The lowest BCUT2D eigenvalue weighted by Gasteiger charge is -2.36. The molecule has 0 saturated heterocycles. The molecule has 0 heterocycles. The van der Waals surface area contributed by atoms with Crippen molar-refractivity contribution in [2.75, 3.05) is 18.1 Å². The van der Waals surface area contributed by atoms with Gasteiger partial charge in [0.15, 0.2) is 0 Å². The van der Waals surface area contributed by atoms with Crippen LogP contribution in [0, 0.1) is 0 Å². The molecule has 2 rings (SSSR count). The lowest BCUT2D eigenvalue weighted by molar-refractivity contribution is 0.290. The highest BCUT2D eigenvalue weighted by molar-refractivity contribution is 5.48. The van der Waals surface area contributed by atoms with E-state index in [4.69, 9.17) is 5.73 Å². The van der Waals surface area contributed by atoms with Gasteiger partial charge in [-0.1, -0.05) is 31.4 Å². The number of nitrogens with two attached hydrogens (primary N) is 1. The summed E-state index contributed by atoms with van der Waals surface area (Å²) in [6.07, 6.45) is 6.48. The fourth-order valence-electron chi connectivity index (χ4n) is 2.85. The Balaban J connectivity index is 2.11. The van der Waals surface area contributed by atoms with E-state index in [1.165, 1.54) is 37.8 Å². The number of aliphatic hydroxyl groups excluding tert-OH is 1. The van der Waals surface area contributed by atoms with Crippen LogP contribution in [0.25, 0.3) is 0 Å². The molecule has 0 radical (unpaired) electrons. The molecular formula is C15H24N2O. The Morgan fingerprint density at radius 1 is 1.11 bits per heavy atom. The number of anilines is 1. The Morgan fingerprint density at radius 3 is 2.33 bits per heavy atom. The van der Waals surface area contributed by atoms with Crippen LogP contribution in [0.1, 0.15) is 37.7 Å². The molecule has 0 atom stereocenters. The Hall–Kier alpha value is -1.06. The van der Waals surface area contributed by atoms with E-state index in [9.17, 15) is 5.11 Å². The van der Waals surface area contributed by atoms with Crippen molar-refractivity contribution in [1.29, 1.82) is 0 Å². The standard InChI is InChI=1S/C15H24N2O/c16-12-13-6-8-15(9-7-13)17(10-11-18)14-4-2-1-3-5-14/h6-9,14,18H,1-5,10-12,16H2. The lowest BCUT2D eigenvalue weighted by Crippen LogP contribution is -2.38. The third kappa shape index (κ3) is 3.24. The second-order valence-corrected chi connectivity index (χ2v) is 5.08. The topological polar surface area (TPSA) is 49.5 Å². The summed E-state index contributed by atoms with van der Waals surface area (Å²) in [6.45, 7) is 1.53. The number of benzene rings is 1. The molecular weight excluding hydrogens is 224 g/mol. The van der Waals surface area contributed by atoms with Gasteiger partial charge in [-0.05, 0) is 30.5 Å². The van der Waals surface area contributed by atoms with Gasteiger partial charge in [-0.25, -0.2) is 0 Å². The maximum Gasteiger partial charge on any atom is 0.0606 e. The molecule has 1 aromatic rings. The molecule has 0 aromatic heterocycles. The molecule has 0 bridgehead atoms. The van der Waals surface area contributed by atoms with E-state index in [-0.39, 0.29) is 6.61 Å². The SMILES string of the molecule is NCc1ccc(N(CCO)C2CCCCC2)cc1. The molecule has 100 valence electrons. The summed E-state index contributed by atoms with van der Waals surface area (Å²) in [4.78, 5) is 2.36. The monoisotopic (exact) mass is 248 g/mol. The minimum Gasteiger partial charge on any atom is -0.395 e. The molecule has 0 amide bonds. The number of hydrogen-bond donors (Lipinski definition) is 2. The van der Waals surface area contributed by atoms with E-state index in [0.717, 1.165) is 12.1 Å². The Morgan fingerprint density at radius 2 is 1.78 bits per heavy atom. The van der Waals surface area contributed by atoms with Crippen LogP contribution in [0.5, 0.6) is 0 Å².